The molecule has 0 radical (unpaired) electrons. The Bertz CT molecular complexity index is 2580. The molecule has 18 heteroatoms. The normalized spacial score (nSPS) is 14.7. The minimum absolute atomic E-state index is 0.0748. The molecule has 0 saturated heterocycles. The zero-order valence-corrected chi connectivity index (χ0v) is 68.8. The van der Waals surface area contributed by atoms with Crippen molar-refractivity contribution in [3.05, 3.63) is 158 Å². The maximum atomic E-state index is 13.0. The molecule has 0 aliphatic carbocycles. The Hall–Kier alpha value is -4.83. The van der Waals surface area contributed by atoms with Crippen LogP contribution in [0.15, 0.2) is 158 Å². The van der Waals surface area contributed by atoms with E-state index in [4.69, 9.17) is 32.3 Å². The van der Waals surface area contributed by atoms with Crippen LogP contribution < -0.4 is 0 Å². The lowest BCUT2D eigenvalue weighted by Gasteiger charge is -2.21. The fourth-order valence-corrected chi connectivity index (χ4v) is 12.5. The minimum atomic E-state index is -4.95. The van der Waals surface area contributed by atoms with Crippen LogP contribution in [0.3, 0.4) is 0 Å². The highest BCUT2D eigenvalue weighted by Crippen LogP contribution is 2.45. The lowest BCUT2D eigenvalue weighted by atomic mass is 10.0. The predicted octanol–water partition coefficient (Wildman–Crippen LogP) is 25.0. The van der Waals surface area contributed by atoms with Gasteiger partial charge in [0.25, 0.3) is 0 Å². The molecule has 0 aromatic heterocycles. The number of allylic oxidation sites excluding steroid dienone is 26. The summed E-state index contributed by atoms with van der Waals surface area (Å²) in [5, 5.41) is 20.7. The summed E-state index contributed by atoms with van der Waals surface area (Å²) in [6, 6.07) is 0. The second kappa shape index (κ2) is 80.7. The molecule has 0 fully saturated rings. The first-order chi connectivity index (χ1) is 52.2. The van der Waals surface area contributed by atoms with Gasteiger partial charge < -0.3 is 34.2 Å². The van der Waals surface area contributed by atoms with Crippen LogP contribution in [0, 0.1) is 0 Å². The topological polar surface area (TPSA) is 231 Å². The van der Waals surface area contributed by atoms with Crippen LogP contribution in [-0.2, 0) is 55.8 Å². The highest BCUT2D eigenvalue weighted by Gasteiger charge is 2.29. The molecule has 612 valence electrons. The van der Waals surface area contributed by atoms with E-state index in [0.717, 1.165) is 148 Å². The van der Waals surface area contributed by atoms with Crippen LogP contribution in [0.5, 0.6) is 0 Å². The molecule has 0 aromatic carbocycles. The number of phosphoric acid groups is 2. The first-order valence-corrected chi connectivity index (χ1v) is 44.8. The third kappa shape index (κ3) is 82.0. The molecule has 0 aliphatic heterocycles. The molecule has 0 bridgehead atoms. The van der Waals surface area contributed by atoms with Crippen LogP contribution in [0.25, 0.3) is 0 Å². The molecule has 4 N–H and O–H groups in total. The van der Waals surface area contributed by atoms with Gasteiger partial charge in [0.05, 0.1) is 26.4 Å². The highest BCUT2D eigenvalue weighted by atomic mass is 31.2. The summed E-state index contributed by atoms with van der Waals surface area (Å²) in [5.74, 6) is -1.64. The molecule has 0 aromatic rings. The first kappa shape index (κ1) is 102. The Morgan fingerprint density at radius 2 is 0.495 bits per heavy atom. The average molecular weight is 1540 g/mol. The molecule has 0 heterocycles. The molecule has 0 rings (SSSR count). The molecule has 107 heavy (non-hydrogen) atoms. The summed E-state index contributed by atoms with van der Waals surface area (Å²) in [4.78, 5) is 58.7. The number of hydrogen-bond acceptors (Lipinski definition) is 14. The van der Waals surface area contributed by atoms with Gasteiger partial charge in [0.1, 0.15) is 25.4 Å². The fraction of sp³-hybridized carbons (Fsp3) is 0.674. The summed E-state index contributed by atoms with van der Waals surface area (Å²) >= 11 is 0. The van der Waals surface area contributed by atoms with Gasteiger partial charge in [-0.25, -0.2) is 9.13 Å². The molecule has 0 spiro atoms. The van der Waals surface area contributed by atoms with Gasteiger partial charge in [-0.2, -0.15) is 0 Å². The van der Waals surface area contributed by atoms with Crippen LogP contribution in [0.4, 0.5) is 0 Å². The van der Waals surface area contributed by atoms with Crippen molar-refractivity contribution < 1.29 is 75.8 Å². The smallest absolute Gasteiger partial charge is 0.463 e. The largest absolute Gasteiger partial charge is 0.472 e. The Balaban J connectivity index is 4.46. The molecule has 5 unspecified atom stereocenters. The van der Waals surface area contributed by atoms with Crippen molar-refractivity contribution in [2.45, 2.75) is 347 Å². The van der Waals surface area contributed by atoms with Crippen LogP contribution in [0.1, 0.15) is 329 Å². The van der Waals surface area contributed by atoms with E-state index >= 15 is 0 Å². The monoisotopic (exact) mass is 1540 g/mol. The zero-order chi connectivity index (χ0) is 78.0. The summed E-state index contributed by atoms with van der Waals surface area (Å²) in [6.45, 7) is 2.37. The van der Waals surface area contributed by atoms with Crippen molar-refractivity contribution in [1.82, 2.24) is 0 Å². The van der Waals surface area contributed by atoms with E-state index in [1.165, 1.54) is 122 Å². The number of carbonyl (C=O) groups is 3. The first-order valence-electron chi connectivity index (χ1n) is 41.8. The Kier molecular flexibility index (Phi) is 77.0. The number of esters is 3. The van der Waals surface area contributed by atoms with E-state index in [-0.39, 0.29) is 19.3 Å². The third-order valence-electron chi connectivity index (χ3n) is 17.2. The molecule has 0 amide bonds. The van der Waals surface area contributed by atoms with E-state index in [1.807, 2.05) is 0 Å². The van der Waals surface area contributed by atoms with Gasteiger partial charge in [0.2, 0.25) is 0 Å². The van der Waals surface area contributed by atoms with Gasteiger partial charge in [-0.3, -0.25) is 32.5 Å². The SMILES string of the molecule is CC/C=C\C/C=C\C/C=C\C/C=C\C/C=C\C/C=C\CCCCC(=O)OCC(COP(=O)(O)OCC(O)COP(=O)(O)OCC(O)COC(=O)CCCCCCCCCCCCCCCCCCCCC/C=C\C/C=C\C/C=C\C/C=C\C/C=C\CC)OC(=O)CCCCCCC/C=C\C/C=C\CCCCC. The van der Waals surface area contributed by atoms with Gasteiger partial charge in [-0.1, -0.05) is 320 Å². The standard InChI is InChI=1S/C89H150O16P2/c1-4-7-10-13-16-19-22-25-28-30-32-34-35-36-37-38-39-40-41-42-43-44-45-46-47-49-51-52-55-57-60-63-66-69-72-75-87(92)99-78-84(90)79-101-106(95,96)102-80-85(91)81-103-107(97,98)104-83-86(105-89(94)77-74-71-68-65-62-59-54-27-24-21-18-15-12-9-6-3)82-100-88(93)76-73-70-67-64-61-58-56-53-50-48-33-31-29-26-23-20-17-14-11-8-5-2/h7-8,10-11,16-21,25-29,32-34,36-37,48,53-54,56,61,64,84-86,90-91H,4-6,9,12-15,22-24,30-31,35,38-47,49-52,55,57-60,62-63,65-83H2,1-3H3,(H,95,96)(H,97,98)/b10-7-,11-8-,19-16-,20-17-,21-18-,28-25-,29-26-,34-32-,37-36-,48-33-,54-27-,56-53-,64-61-. The molecule has 0 saturated carbocycles. The highest BCUT2D eigenvalue weighted by molar-refractivity contribution is 7.47. The van der Waals surface area contributed by atoms with Crippen molar-refractivity contribution in [3.8, 4) is 0 Å². The molecule has 0 aliphatic rings. The predicted molar refractivity (Wildman–Crippen MR) is 445 cm³/mol. The van der Waals surface area contributed by atoms with Crippen molar-refractivity contribution in [3.63, 3.8) is 0 Å². The maximum Gasteiger partial charge on any atom is 0.472 e. The van der Waals surface area contributed by atoms with Gasteiger partial charge in [0, 0.05) is 19.3 Å². The number of aliphatic hydroxyl groups is 2. The van der Waals surface area contributed by atoms with Gasteiger partial charge >= 0.3 is 33.6 Å². The Morgan fingerprint density at radius 3 is 0.804 bits per heavy atom. The number of aliphatic hydroxyl groups excluding tert-OH is 2. The Labute approximate surface area is 650 Å². The average Bonchev–Trinajstić information content (AvgIpc) is 1.01. The van der Waals surface area contributed by atoms with E-state index in [0.29, 0.717) is 19.3 Å². The number of hydrogen-bond donors (Lipinski definition) is 4. The van der Waals surface area contributed by atoms with Crippen molar-refractivity contribution >= 4 is 33.6 Å². The minimum Gasteiger partial charge on any atom is -0.463 e. The maximum absolute atomic E-state index is 13.0. The second-order valence-electron chi connectivity index (χ2n) is 27.5. The van der Waals surface area contributed by atoms with Gasteiger partial charge in [0.15, 0.2) is 6.10 Å². The lowest BCUT2D eigenvalue weighted by molar-refractivity contribution is -0.161. The van der Waals surface area contributed by atoms with Crippen molar-refractivity contribution in [2.75, 3.05) is 39.6 Å². The van der Waals surface area contributed by atoms with Gasteiger partial charge in [-0.05, 0) is 148 Å². The number of ether oxygens (including phenoxy) is 3. The summed E-state index contributed by atoms with van der Waals surface area (Å²) in [5.41, 5.74) is 0. The zero-order valence-electron chi connectivity index (χ0n) is 67.0. The van der Waals surface area contributed by atoms with Crippen molar-refractivity contribution in [2.24, 2.45) is 0 Å². The summed E-state index contributed by atoms with van der Waals surface area (Å²) in [6.07, 6.45) is 102. The number of carbonyl (C=O) groups excluding carboxylic acids is 3. The summed E-state index contributed by atoms with van der Waals surface area (Å²) in [7, 11) is -9.81. The quantitative estimate of drug-likeness (QED) is 0.0146. The van der Waals surface area contributed by atoms with E-state index in [9.17, 15) is 43.5 Å². The third-order valence-corrected chi connectivity index (χ3v) is 19.1. The number of unbranched alkanes of at least 4 members (excludes halogenated alkanes) is 29. The van der Waals surface area contributed by atoms with Crippen LogP contribution >= 0.6 is 15.6 Å². The van der Waals surface area contributed by atoms with E-state index < -0.39 is 91.5 Å². The molecular weight excluding hydrogens is 1390 g/mol. The van der Waals surface area contributed by atoms with E-state index in [2.05, 4.69) is 179 Å². The second-order valence-corrected chi connectivity index (χ2v) is 30.4. The number of rotatable bonds is 78. The number of phosphoric ester groups is 2. The molecular formula is C89H150O16P2. The van der Waals surface area contributed by atoms with Crippen molar-refractivity contribution in [1.29, 1.82) is 0 Å². The van der Waals surface area contributed by atoms with Crippen LogP contribution in [0.2, 0.25) is 0 Å². The fourth-order valence-electron chi connectivity index (χ4n) is 10.9. The van der Waals surface area contributed by atoms with Gasteiger partial charge in [-0.15, -0.1) is 0 Å². The summed E-state index contributed by atoms with van der Waals surface area (Å²) < 4.78 is 61.1. The lowest BCUT2D eigenvalue weighted by Crippen LogP contribution is -2.30. The molecule has 5 atom stereocenters. The van der Waals surface area contributed by atoms with Crippen LogP contribution in [-0.4, -0.2) is 95.9 Å². The van der Waals surface area contributed by atoms with E-state index in [1.54, 1.807) is 0 Å². The Morgan fingerprint density at radius 1 is 0.271 bits per heavy atom. The molecule has 16 nitrogen and oxygen atoms in total.